The Bertz CT molecular complexity index is 355. The second-order valence-corrected chi connectivity index (χ2v) is 2.67. The topological polar surface area (TPSA) is 51.8 Å². The highest BCUT2D eigenvalue weighted by Gasteiger charge is 1.98. The van der Waals surface area contributed by atoms with Gasteiger partial charge in [-0.25, -0.2) is 9.97 Å². The summed E-state index contributed by atoms with van der Waals surface area (Å²) in [5.41, 5.74) is 5.54. The lowest BCUT2D eigenvalue weighted by Crippen LogP contribution is -1.89. The van der Waals surface area contributed by atoms with Gasteiger partial charge in [0.05, 0.1) is 5.39 Å². The van der Waals surface area contributed by atoms with E-state index in [4.69, 9.17) is 5.73 Å². The van der Waals surface area contributed by atoms with Crippen molar-refractivity contribution in [2.45, 2.75) is 0 Å². The van der Waals surface area contributed by atoms with Gasteiger partial charge in [0.25, 0.3) is 0 Å². The Morgan fingerprint density at radius 2 is 2.40 bits per heavy atom. The van der Waals surface area contributed by atoms with Crippen LogP contribution in [0.15, 0.2) is 12.4 Å². The molecular weight excluding hydrogens is 146 g/mol. The normalized spacial score (nSPS) is 10.4. The van der Waals surface area contributed by atoms with E-state index < -0.39 is 0 Å². The highest BCUT2D eigenvalue weighted by Crippen LogP contribution is 2.20. The van der Waals surface area contributed by atoms with Crippen LogP contribution in [0.3, 0.4) is 0 Å². The second-order valence-electron chi connectivity index (χ2n) is 1.84. The van der Waals surface area contributed by atoms with Crippen LogP contribution >= 0.6 is 11.3 Å². The summed E-state index contributed by atoms with van der Waals surface area (Å²) >= 11 is 1.45. The fraction of sp³-hybridized carbons (Fsp3) is 0. The molecule has 0 saturated carbocycles. The number of nitrogens with two attached hydrogens (primary N) is 1. The van der Waals surface area contributed by atoms with E-state index in [2.05, 4.69) is 15.3 Å². The lowest BCUT2D eigenvalue weighted by atomic mass is 10.4. The average molecular weight is 150 g/mol. The second kappa shape index (κ2) is 1.91. The van der Waals surface area contributed by atoms with Gasteiger partial charge in [0, 0.05) is 5.38 Å². The number of anilines is 1. The number of nitrogen functional groups attached to an aromatic ring is 1. The summed E-state index contributed by atoms with van der Waals surface area (Å²) in [6.07, 6.45) is 1.46. The molecule has 0 saturated heterocycles. The van der Waals surface area contributed by atoms with Crippen LogP contribution in [0.4, 0.5) is 5.82 Å². The van der Waals surface area contributed by atoms with E-state index >= 15 is 0 Å². The van der Waals surface area contributed by atoms with Crippen LogP contribution < -0.4 is 5.73 Å². The molecule has 0 aliphatic heterocycles. The molecule has 10 heavy (non-hydrogen) atoms. The summed E-state index contributed by atoms with van der Waals surface area (Å²) in [7, 11) is 0. The maximum atomic E-state index is 5.54. The van der Waals surface area contributed by atoms with Crippen molar-refractivity contribution in [3.63, 3.8) is 0 Å². The fourth-order valence-electron chi connectivity index (χ4n) is 0.753. The number of rotatable bonds is 0. The van der Waals surface area contributed by atoms with Crippen molar-refractivity contribution < 1.29 is 0 Å². The Morgan fingerprint density at radius 3 is 3.20 bits per heavy atom. The van der Waals surface area contributed by atoms with Gasteiger partial charge in [-0.1, -0.05) is 0 Å². The van der Waals surface area contributed by atoms with Crippen LogP contribution in [-0.4, -0.2) is 9.97 Å². The predicted molar refractivity (Wildman–Crippen MR) is 40.7 cm³/mol. The molecule has 0 aliphatic rings. The molecule has 1 radical (unpaired) electrons. The van der Waals surface area contributed by atoms with E-state index in [1.807, 2.05) is 0 Å². The zero-order valence-corrected chi connectivity index (χ0v) is 5.85. The summed E-state index contributed by atoms with van der Waals surface area (Å²) in [5, 5.41) is 3.83. The summed E-state index contributed by atoms with van der Waals surface area (Å²) < 4.78 is 0. The first-order valence-electron chi connectivity index (χ1n) is 2.74. The van der Waals surface area contributed by atoms with E-state index in [0.717, 1.165) is 10.2 Å². The number of nitrogens with zero attached hydrogens (tertiary/aromatic N) is 2. The molecule has 2 aromatic heterocycles. The SMILES string of the molecule is Nc1ncnc2s[c]cc12. The van der Waals surface area contributed by atoms with Gasteiger partial charge in [-0.2, -0.15) is 0 Å². The first kappa shape index (κ1) is 5.61. The van der Waals surface area contributed by atoms with Crippen LogP contribution in [0.25, 0.3) is 10.2 Å². The minimum Gasteiger partial charge on any atom is -0.383 e. The molecule has 2 N–H and O–H groups in total. The minimum absolute atomic E-state index is 0.530. The van der Waals surface area contributed by atoms with Crippen LogP contribution in [0.2, 0.25) is 0 Å². The largest absolute Gasteiger partial charge is 0.383 e. The molecule has 0 unspecified atom stereocenters. The molecule has 49 valence electrons. The quantitative estimate of drug-likeness (QED) is 0.611. The molecule has 0 amide bonds. The number of aromatic nitrogens is 2. The molecule has 2 heterocycles. The van der Waals surface area contributed by atoms with Gasteiger partial charge in [0.2, 0.25) is 0 Å². The highest BCUT2D eigenvalue weighted by molar-refractivity contribution is 7.16. The van der Waals surface area contributed by atoms with Gasteiger partial charge >= 0.3 is 0 Å². The molecule has 0 spiro atoms. The van der Waals surface area contributed by atoms with Crippen molar-refractivity contribution in [1.29, 1.82) is 0 Å². The van der Waals surface area contributed by atoms with Gasteiger partial charge in [-0.05, 0) is 6.07 Å². The molecule has 2 rings (SSSR count). The third-order valence-corrected chi connectivity index (χ3v) is 1.99. The van der Waals surface area contributed by atoms with Crippen LogP contribution in [-0.2, 0) is 0 Å². The molecule has 2 aromatic rings. The zero-order chi connectivity index (χ0) is 6.97. The van der Waals surface area contributed by atoms with Crippen molar-refractivity contribution in [1.82, 2.24) is 9.97 Å². The Labute approximate surface area is 61.5 Å². The van der Waals surface area contributed by atoms with E-state index in [-0.39, 0.29) is 0 Å². The maximum absolute atomic E-state index is 5.54. The number of thiophene rings is 1. The third-order valence-electron chi connectivity index (χ3n) is 1.24. The molecule has 0 fully saturated rings. The number of hydrogen-bond acceptors (Lipinski definition) is 4. The molecule has 0 aromatic carbocycles. The molecule has 0 aliphatic carbocycles. The van der Waals surface area contributed by atoms with Crippen molar-refractivity contribution in [3.05, 3.63) is 17.8 Å². The fourth-order valence-corrected chi connectivity index (χ4v) is 1.42. The Kier molecular flexibility index (Phi) is 1.07. The average Bonchev–Trinajstić information content (AvgIpc) is 2.36. The van der Waals surface area contributed by atoms with E-state index in [0.29, 0.717) is 5.82 Å². The first-order valence-corrected chi connectivity index (χ1v) is 3.55. The van der Waals surface area contributed by atoms with E-state index in [1.165, 1.54) is 17.7 Å². The lowest BCUT2D eigenvalue weighted by molar-refractivity contribution is 1.24. The van der Waals surface area contributed by atoms with E-state index in [1.54, 1.807) is 6.07 Å². The van der Waals surface area contributed by atoms with Gasteiger partial charge in [-0.3, -0.25) is 0 Å². The lowest BCUT2D eigenvalue weighted by Gasteiger charge is -1.90. The number of fused-ring (bicyclic) bond motifs is 1. The van der Waals surface area contributed by atoms with Crippen molar-refractivity contribution in [3.8, 4) is 0 Å². The van der Waals surface area contributed by atoms with Gasteiger partial charge < -0.3 is 5.73 Å². The Hall–Kier alpha value is -1.16. The molecular formula is C6H4N3S. The smallest absolute Gasteiger partial charge is 0.135 e. The van der Waals surface area contributed by atoms with Crippen LogP contribution in [0, 0.1) is 5.38 Å². The first-order chi connectivity index (χ1) is 4.88. The van der Waals surface area contributed by atoms with Gasteiger partial charge in [0.15, 0.2) is 0 Å². The van der Waals surface area contributed by atoms with E-state index in [9.17, 15) is 0 Å². The number of hydrogen-bond donors (Lipinski definition) is 1. The summed E-state index contributed by atoms with van der Waals surface area (Å²) in [6.45, 7) is 0. The Balaban J connectivity index is 2.95. The van der Waals surface area contributed by atoms with Crippen molar-refractivity contribution in [2.24, 2.45) is 0 Å². The van der Waals surface area contributed by atoms with Gasteiger partial charge in [0.1, 0.15) is 17.0 Å². The predicted octanol–water partition coefficient (Wildman–Crippen LogP) is 1.07. The third kappa shape index (κ3) is 0.657. The minimum atomic E-state index is 0.530. The molecule has 0 bridgehead atoms. The van der Waals surface area contributed by atoms with Crippen molar-refractivity contribution in [2.75, 3.05) is 5.73 Å². The highest BCUT2D eigenvalue weighted by atomic mass is 32.1. The van der Waals surface area contributed by atoms with Gasteiger partial charge in [-0.15, -0.1) is 11.3 Å². The molecule has 3 nitrogen and oxygen atoms in total. The standard InChI is InChI=1S/C6H4N3S/c7-5-4-1-2-10-6(4)9-3-8-5/h1,3H,(H2,7,8,9). The van der Waals surface area contributed by atoms with Crippen LogP contribution in [0.5, 0.6) is 0 Å². The zero-order valence-electron chi connectivity index (χ0n) is 5.03. The van der Waals surface area contributed by atoms with Crippen molar-refractivity contribution >= 4 is 27.4 Å². The summed E-state index contributed by atoms with van der Waals surface area (Å²) in [5.74, 6) is 0.530. The monoisotopic (exact) mass is 150 g/mol. The maximum Gasteiger partial charge on any atom is 0.135 e. The summed E-state index contributed by atoms with van der Waals surface area (Å²) in [4.78, 5) is 8.73. The van der Waals surface area contributed by atoms with Crippen LogP contribution in [0.1, 0.15) is 0 Å². The Morgan fingerprint density at radius 1 is 1.50 bits per heavy atom. The molecule has 4 heteroatoms. The summed E-state index contributed by atoms with van der Waals surface area (Å²) in [6, 6.07) is 1.80. The molecule has 0 atom stereocenters.